The maximum atomic E-state index is 11.2. The molecule has 0 spiro atoms. The van der Waals surface area contributed by atoms with Gasteiger partial charge in [0.1, 0.15) is 11.3 Å². The second-order valence-corrected chi connectivity index (χ2v) is 5.19. The highest BCUT2D eigenvalue weighted by atomic mass is 16.1. The number of carbonyl (C=O) groups is 1. The predicted octanol–water partition coefficient (Wildman–Crippen LogP) is 1.91. The van der Waals surface area contributed by atoms with E-state index in [0.717, 1.165) is 16.9 Å². The number of anilines is 1. The number of aromatic nitrogens is 3. The second kappa shape index (κ2) is 6.83. The minimum Gasteiger partial charge on any atom is -0.370 e. The number of carbonyl (C=O) groups excluding carboxylic acids is 1. The van der Waals surface area contributed by atoms with E-state index in [9.17, 15) is 4.79 Å². The van der Waals surface area contributed by atoms with Crippen LogP contribution in [0.25, 0.3) is 11.2 Å². The van der Waals surface area contributed by atoms with Gasteiger partial charge in [0, 0.05) is 31.9 Å². The summed E-state index contributed by atoms with van der Waals surface area (Å²) in [7, 11) is 0. The topological polar surface area (TPSA) is 85.0 Å². The molecule has 2 aromatic heterocycles. The van der Waals surface area contributed by atoms with Gasteiger partial charge in [-0.1, -0.05) is 30.3 Å². The van der Waals surface area contributed by atoms with Crippen LogP contribution in [0.2, 0.25) is 0 Å². The van der Waals surface area contributed by atoms with E-state index in [0.29, 0.717) is 18.7 Å². The average Bonchev–Trinajstić information content (AvgIpc) is 2.59. The van der Waals surface area contributed by atoms with Crippen LogP contribution in [0.4, 0.5) is 5.82 Å². The molecule has 1 amide bonds. The Kier molecular flexibility index (Phi) is 4.42. The zero-order valence-corrected chi connectivity index (χ0v) is 12.6. The molecule has 3 aromatic rings. The Bertz CT molecular complexity index is 806. The zero-order valence-electron chi connectivity index (χ0n) is 12.6. The first kappa shape index (κ1) is 14.9. The molecule has 2 heterocycles. The second-order valence-electron chi connectivity index (χ2n) is 5.19. The van der Waals surface area contributed by atoms with E-state index >= 15 is 0 Å². The van der Waals surface area contributed by atoms with Crippen molar-refractivity contribution in [3.63, 3.8) is 0 Å². The maximum absolute atomic E-state index is 11.2. The van der Waals surface area contributed by atoms with Crippen molar-refractivity contribution in [2.75, 3.05) is 11.4 Å². The summed E-state index contributed by atoms with van der Waals surface area (Å²) < 4.78 is 0. The van der Waals surface area contributed by atoms with Crippen LogP contribution in [0.5, 0.6) is 0 Å². The summed E-state index contributed by atoms with van der Waals surface area (Å²) in [4.78, 5) is 26.2. The van der Waals surface area contributed by atoms with Crippen LogP contribution in [0.15, 0.2) is 54.9 Å². The fraction of sp³-hybridized carbons (Fsp3) is 0.176. The lowest BCUT2D eigenvalue weighted by Crippen LogP contribution is -2.28. The summed E-state index contributed by atoms with van der Waals surface area (Å²) in [5.74, 6) is 0.423. The van der Waals surface area contributed by atoms with Gasteiger partial charge in [-0.25, -0.2) is 9.97 Å². The fourth-order valence-corrected chi connectivity index (χ4v) is 2.34. The molecule has 6 nitrogen and oxygen atoms in total. The van der Waals surface area contributed by atoms with E-state index in [2.05, 4.69) is 15.0 Å². The van der Waals surface area contributed by atoms with Crippen molar-refractivity contribution in [1.82, 2.24) is 15.0 Å². The molecule has 0 bridgehead atoms. The molecular weight excluding hydrogens is 290 g/mol. The van der Waals surface area contributed by atoms with E-state index < -0.39 is 0 Å². The lowest BCUT2D eigenvalue weighted by atomic mass is 10.2. The maximum Gasteiger partial charge on any atom is 0.219 e. The van der Waals surface area contributed by atoms with Gasteiger partial charge in [-0.15, -0.1) is 0 Å². The van der Waals surface area contributed by atoms with Crippen LogP contribution < -0.4 is 10.6 Å². The smallest absolute Gasteiger partial charge is 0.219 e. The highest BCUT2D eigenvalue weighted by Crippen LogP contribution is 2.18. The largest absolute Gasteiger partial charge is 0.370 e. The molecule has 0 aliphatic rings. The molecular formula is C17H17N5O. The minimum absolute atomic E-state index is 0.271. The predicted molar refractivity (Wildman–Crippen MR) is 88.6 cm³/mol. The van der Waals surface area contributed by atoms with Gasteiger partial charge in [-0.3, -0.25) is 9.78 Å². The molecule has 3 rings (SSSR count). The summed E-state index contributed by atoms with van der Waals surface area (Å²) >= 11 is 0. The van der Waals surface area contributed by atoms with Crippen molar-refractivity contribution in [2.24, 2.45) is 5.73 Å². The van der Waals surface area contributed by atoms with Gasteiger partial charge in [0.15, 0.2) is 5.65 Å². The molecule has 0 fully saturated rings. The van der Waals surface area contributed by atoms with Crippen LogP contribution in [0, 0.1) is 0 Å². The number of pyridine rings is 1. The Morgan fingerprint density at radius 2 is 1.83 bits per heavy atom. The number of benzene rings is 1. The fourth-order valence-electron chi connectivity index (χ4n) is 2.34. The molecule has 116 valence electrons. The third-order valence-corrected chi connectivity index (χ3v) is 3.49. The number of hydrogen-bond donors (Lipinski definition) is 1. The summed E-state index contributed by atoms with van der Waals surface area (Å²) in [5.41, 5.74) is 7.76. The molecule has 0 atom stereocenters. The van der Waals surface area contributed by atoms with Gasteiger partial charge in [0.2, 0.25) is 5.91 Å². The Labute approximate surface area is 134 Å². The zero-order chi connectivity index (χ0) is 16.1. The van der Waals surface area contributed by atoms with Crippen LogP contribution in [0.1, 0.15) is 12.0 Å². The summed E-state index contributed by atoms with van der Waals surface area (Å²) in [6.07, 6.45) is 3.52. The molecule has 1 aromatic carbocycles. The molecule has 0 aliphatic heterocycles. The number of rotatable bonds is 6. The lowest BCUT2D eigenvalue weighted by molar-refractivity contribution is -0.117. The Morgan fingerprint density at radius 3 is 2.61 bits per heavy atom. The highest BCUT2D eigenvalue weighted by molar-refractivity contribution is 5.75. The van der Waals surface area contributed by atoms with Crippen molar-refractivity contribution in [3.8, 4) is 0 Å². The van der Waals surface area contributed by atoms with E-state index in [1.54, 1.807) is 12.4 Å². The standard InChI is InChI=1S/C17H17N5O/c18-15(23)8-11-22(12-13-4-2-1-3-5-13)16-7-6-14-17(21-16)20-10-9-19-14/h1-7,9-10H,8,11-12H2,(H2,18,23). The molecule has 0 unspecified atom stereocenters. The first-order valence-corrected chi connectivity index (χ1v) is 7.37. The molecule has 23 heavy (non-hydrogen) atoms. The molecule has 6 heteroatoms. The van der Waals surface area contributed by atoms with Crippen LogP contribution in [-0.4, -0.2) is 27.4 Å². The van der Waals surface area contributed by atoms with Gasteiger partial charge in [-0.2, -0.15) is 0 Å². The van der Waals surface area contributed by atoms with Crippen molar-refractivity contribution >= 4 is 22.9 Å². The normalized spacial score (nSPS) is 10.6. The number of primary amides is 1. The SMILES string of the molecule is NC(=O)CCN(Cc1ccccc1)c1ccc2nccnc2n1. The van der Waals surface area contributed by atoms with Crippen molar-refractivity contribution in [2.45, 2.75) is 13.0 Å². The third kappa shape index (κ3) is 3.79. The van der Waals surface area contributed by atoms with E-state index in [-0.39, 0.29) is 12.3 Å². The first-order chi connectivity index (χ1) is 11.2. The number of nitrogens with two attached hydrogens (primary N) is 1. The first-order valence-electron chi connectivity index (χ1n) is 7.37. The summed E-state index contributed by atoms with van der Waals surface area (Å²) in [6, 6.07) is 13.8. The van der Waals surface area contributed by atoms with Crippen LogP contribution in [-0.2, 0) is 11.3 Å². The van der Waals surface area contributed by atoms with Gasteiger partial charge in [0.25, 0.3) is 0 Å². The van der Waals surface area contributed by atoms with Crippen LogP contribution >= 0.6 is 0 Å². The minimum atomic E-state index is -0.330. The summed E-state index contributed by atoms with van der Waals surface area (Å²) in [6.45, 7) is 1.15. The monoisotopic (exact) mass is 307 g/mol. The number of hydrogen-bond acceptors (Lipinski definition) is 5. The molecule has 0 saturated heterocycles. The molecule has 0 radical (unpaired) electrons. The van der Waals surface area contributed by atoms with E-state index in [1.165, 1.54) is 0 Å². The Balaban J connectivity index is 1.90. The Morgan fingerprint density at radius 1 is 1.04 bits per heavy atom. The third-order valence-electron chi connectivity index (χ3n) is 3.49. The molecule has 0 aliphatic carbocycles. The van der Waals surface area contributed by atoms with Gasteiger partial charge < -0.3 is 10.6 Å². The van der Waals surface area contributed by atoms with Crippen molar-refractivity contribution in [3.05, 3.63) is 60.4 Å². The van der Waals surface area contributed by atoms with Crippen molar-refractivity contribution in [1.29, 1.82) is 0 Å². The van der Waals surface area contributed by atoms with E-state index in [4.69, 9.17) is 5.73 Å². The lowest BCUT2D eigenvalue weighted by Gasteiger charge is -2.23. The van der Waals surface area contributed by atoms with E-state index in [1.807, 2.05) is 47.4 Å². The summed E-state index contributed by atoms with van der Waals surface area (Å²) in [5, 5.41) is 0. The molecule has 2 N–H and O–H groups in total. The van der Waals surface area contributed by atoms with Gasteiger partial charge in [-0.05, 0) is 17.7 Å². The number of amides is 1. The van der Waals surface area contributed by atoms with Gasteiger partial charge >= 0.3 is 0 Å². The van der Waals surface area contributed by atoms with Crippen molar-refractivity contribution < 1.29 is 4.79 Å². The highest BCUT2D eigenvalue weighted by Gasteiger charge is 2.11. The molecule has 0 saturated carbocycles. The van der Waals surface area contributed by atoms with Gasteiger partial charge in [0.05, 0.1) is 0 Å². The Hall–Kier alpha value is -3.02. The van der Waals surface area contributed by atoms with Crippen LogP contribution in [0.3, 0.4) is 0 Å². The number of nitrogens with zero attached hydrogens (tertiary/aromatic N) is 4. The average molecular weight is 307 g/mol. The number of fused-ring (bicyclic) bond motifs is 1. The quantitative estimate of drug-likeness (QED) is 0.752.